The smallest absolute Gasteiger partial charge is 0.339 e. The van der Waals surface area contributed by atoms with E-state index in [0.29, 0.717) is 12.3 Å². The average Bonchev–Trinajstić information content (AvgIpc) is 2.44. The second-order valence-electron chi connectivity index (χ2n) is 7.58. The molecule has 0 aliphatic rings. The van der Waals surface area contributed by atoms with Crippen LogP contribution in [-0.4, -0.2) is 23.7 Å². The van der Waals surface area contributed by atoms with Crippen molar-refractivity contribution < 1.29 is 19.4 Å². The second kappa shape index (κ2) is 8.32. The zero-order valence-electron chi connectivity index (χ0n) is 15.7. The van der Waals surface area contributed by atoms with Gasteiger partial charge in [-0.2, -0.15) is 0 Å². The predicted octanol–water partition coefficient (Wildman–Crippen LogP) is 4.84. The highest BCUT2D eigenvalue weighted by Gasteiger charge is 2.27. The molecule has 0 radical (unpaired) electrons. The van der Waals surface area contributed by atoms with Crippen LogP contribution in [0.5, 0.6) is 0 Å². The third kappa shape index (κ3) is 5.08. The van der Waals surface area contributed by atoms with E-state index in [9.17, 15) is 14.7 Å². The molecule has 1 rings (SSSR count). The quantitative estimate of drug-likeness (QED) is 0.725. The molecule has 0 saturated heterocycles. The molecule has 0 unspecified atom stereocenters. The fraction of sp³-hybridized carbons (Fsp3) is 0.600. The van der Waals surface area contributed by atoms with Crippen molar-refractivity contribution in [3.63, 3.8) is 0 Å². The fourth-order valence-electron chi connectivity index (χ4n) is 2.92. The number of aromatic carboxylic acids is 1. The van der Waals surface area contributed by atoms with Crippen LogP contribution in [0.2, 0.25) is 0 Å². The van der Waals surface area contributed by atoms with Crippen LogP contribution in [0.4, 0.5) is 0 Å². The third-order valence-electron chi connectivity index (χ3n) is 4.04. The summed E-state index contributed by atoms with van der Waals surface area (Å²) in [4.78, 5) is 24.1. The van der Waals surface area contributed by atoms with E-state index < -0.39 is 11.9 Å². The lowest BCUT2D eigenvalue weighted by atomic mass is 9.79. The van der Waals surface area contributed by atoms with Gasteiger partial charge in [0.1, 0.15) is 0 Å². The van der Waals surface area contributed by atoms with Gasteiger partial charge in [-0.15, -0.1) is 0 Å². The van der Waals surface area contributed by atoms with Crippen LogP contribution in [0.25, 0.3) is 0 Å². The maximum absolute atomic E-state index is 12.2. The number of benzene rings is 1. The number of carbonyl (C=O) groups excluding carboxylic acids is 1. The molecular weight excluding hydrogens is 304 g/mol. The standard InChI is InChI=1S/C20H30O4/c1-7-24-19(23)15-11-12-16(20(4,5)6)14(17(15)18(21)22)10-8-9-13(2)3/h11-13H,7-10H2,1-6H3,(H,21,22). The van der Waals surface area contributed by atoms with Crippen molar-refractivity contribution in [2.45, 2.75) is 66.2 Å². The van der Waals surface area contributed by atoms with Crippen LogP contribution in [-0.2, 0) is 16.6 Å². The Balaban J connectivity index is 3.46. The Bertz CT molecular complexity index is 594. The lowest BCUT2D eigenvalue weighted by Gasteiger charge is -2.25. The van der Waals surface area contributed by atoms with Gasteiger partial charge in [-0.1, -0.05) is 47.1 Å². The van der Waals surface area contributed by atoms with Crippen LogP contribution >= 0.6 is 0 Å². The van der Waals surface area contributed by atoms with Crippen molar-refractivity contribution in [1.29, 1.82) is 0 Å². The minimum Gasteiger partial charge on any atom is -0.478 e. The topological polar surface area (TPSA) is 63.6 Å². The van der Waals surface area contributed by atoms with E-state index in [1.165, 1.54) is 0 Å². The molecular formula is C20H30O4. The molecule has 4 nitrogen and oxygen atoms in total. The first-order valence-corrected chi connectivity index (χ1v) is 8.66. The summed E-state index contributed by atoms with van der Waals surface area (Å²) in [7, 11) is 0. The molecule has 4 heteroatoms. The van der Waals surface area contributed by atoms with E-state index in [1.807, 2.05) is 6.07 Å². The molecule has 0 heterocycles. The minimum absolute atomic E-state index is 0.102. The second-order valence-corrected chi connectivity index (χ2v) is 7.58. The number of carboxylic acid groups (broad SMARTS) is 1. The Labute approximate surface area is 145 Å². The normalized spacial score (nSPS) is 11.6. The molecule has 0 aromatic heterocycles. The van der Waals surface area contributed by atoms with Gasteiger partial charge >= 0.3 is 11.9 Å². The molecule has 0 bridgehead atoms. The number of ether oxygens (including phenoxy) is 1. The third-order valence-corrected chi connectivity index (χ3v) is 4.04. The minimum atomic E-state index is -1.07. The van der Waals surface area contributed by atoms with Crippen LogP contribution in [0.15, 0.2) is 12.1 Å². The number of esters is 1. The molecule has 1 N–H and O–H groups in total. The van der Waals surface area contributed by atoms with Crippen LogP contribution in [0.1, 0.15) is 86.2 Å². The largest absolute Gasteiger partial charge is 0.478 e. The summed E-state index contributed by atoms with van der Waals surface area (Å²) in [6.45, 7) is 12.4. The molecule has 0 aliphatic heterocycles. The summed E-state index contributed by atoms with van der Waals surface area (Å²) in [5.74, 6) is -1.08. The number of carbonyl (C=O) groups is 2. The van der Waals surface area contributed by atoms with E-state index in [1.54, 1.807) is 13.0 Å². The molecule has 0 amide bonds. The van der Waals surface area contributed by atoms with Crippen molar-refractivity contribution in [2.24, 2.45) is 5.92 Å². The van der Waals surface area contributed by atoms with E-state index in [4.69, 9.17) is 4.74 Å². The van der Waals surface area contributed by atoms with Gasteiger partial charge in [0.2, 0.25) is 0 Å². The molecule has 0 atom stereocenters. The fourth-order valence-corrected chi connectivity index (χ4v) is 2.92. The lowest BCUT2D eigenvalue weighted by Crippen LogP contribution is -2.21. The van der Waals surface area contributed by atoms with E-state index >= 15 is 0 Å². The highest BCUT2D eigenvalue weighted by Crippen LogP contribution is 2.32. The van der Waals surface area contributed by atoms with Gasteiger partial charge in [-0.3, -0.25) is 0 Å². The molecule has 0 spiro atoms. The average molecular weight is 334 g/mol. The first kappa shape index (κ1) is 20.2. The van der Waals surface area contributed by atoms with Gasteiger partial charge < -0.3 is 9.84 Å². The zero-order valence-corrected chi connectivity index (χ0v) is 15.7. The summed E-state index contributed by atoms with van der Waals surface area (Å²) in [6, 6.07) is 3.47. The van der Waals surface area contributed by atoms with Crippen molar-refractivity contribution in [3.8, 4) is 0 Å². The van der Waals surface area contributed by atoms with Gasteiger partial charge in [-0.25, -0.2) is 9.59 Å². The van der Waals surface area contributed by atoms with Crippen molar-refractivity contribution in [2.75, 3.05) is 6.61 Å². The Morgan fingerprint density at radius 3 is 2.29 bits per heavy atom. The highest BCUT2D eigenvalue weighted by molar-refractivity contribution is 6.03. The molecule has 0 aliphatic carbocycles. The Morgan fingerprint density at radius 1 is 1.21 bits per heavy atom. The Hall–Kier alpha value is -1.84. The van der Waals surface area contributed by atoms with Gasteiger partial charge in [0.05, 0.1) is 17.7 Å². The predicted molar refractivity (Wildman–Crippen MR) is 95.8 cm³/mol. The Kier molecular flexibility index (Phi) is 7.00. The SMILES string of the molecule is CCOC(=O)c1ccc(C(C)(C)C)c(CCCC(C)C)c1C(=O)O. The highest BCUT2D eigenvalue weighted by atomic mass is 16.5. The van der Waals surface area contributed by atoms with E-state index in [2.05, 4.69) is 34.6 Å². The van der Waals surface area contributed by atoms with Crippen molar-refractivity contribution >= 4 is 11.9 Å². The van der Waals surface area contributed by atoms with E-state index in [0.717, 1.165) is 24.0 Å². The molecule has 0 fully saturated rings. The molecule has 1 aromatic rings. The number of hydrogen-bond acceptors (Lipinski definition) is 3. The van der Waals surface area contributed by atoms with Gasteiger partial charge in [0.15, 0.2) is 0 Å². The summed E-state index contributed by atoms with van der Waals surface area (Å²) in [5.41, 5.74) is 1.81. The molecule has 0 saturated carbocycles. The Morgan fingerprint density at radius 2 is 1.83 bits per heavy atom. The summed E-state index contributed by atoms with van der Waals surface area (Å²) in [5, 5.41) is 9.75. The summed E-state index contributed by atoms with van der Waals surface area (Å²) in [6.07, 6.45) is 2.57. The van der Waals surface area contributed by atoms with Gasteiger partial charge in [0.25, 0.3) is 0 Å². The lowest BCUT2D eigenvalue weighted by molar-refractivity contribution is 0.0514. The van der Waals surface area contributed by atoms with Gasteiger partial charge in [0, 0.05) is 0 Å². The van der Waals surface area contributed by atoms with Gasteiger partial charge in [-0.05, 0) is 48.3 Å². The summed E-state index contributed by atoms with van der Waals surface area (Å²) >= 11 is 0. The maximum atomic E-state index is 12.2. The molecule has 24 heavy (non-hydrogen) atoms. The molecule has 134 valence electrons. The maximum Gasteiger partial charge on any atom is 0.339 e. The number of hydrogen-bond donors (Lipinski definition) is 1. The first-order valence-electron chi connectivity index (χ1n) is 8.66. The van der Waals surface area contributed by atoms with Crippen LogP contribution in [0.3, 0.4) is 0 Å². The van der Waals surface area contributed by atoms with Crippen LogP contribution in [0, 0.1) is 5.92 Å². The van der Waals surface area contributed by atoms with Crippen molar-refractivity contribution in [3.05, 3.63) is 34.4 Å². The number of carboxylic acids is 1. The zero-order chi connectivity index (χ0) is 18.5. The molecule has 1 aromatic carbocycles. The van der Waals surface area contributed by atoms with E-state index in [-0.39, 0.29) is 23.1 Å². The first-order chi connectivity index (χ1) is 11.1. The van der Waals surface area contributed by atoms with Crippen LogP contribution < -0.4 is 0 Å². The van der Waals surface area contributed by atoms with Crippen molar-refractivity contribution in [1.82, 2.24) is 0 Å². The number of rotatable bonds is 7. The summed E-state index contributed by atoms with van der Waals surface area (Å²) < 4.78 is 5.04. The monoisotopic (exact) mass is 334 g/mol.